The molecule has 0 aromatic rings. The molecule has 1 fully saturated rings. The maximum atomic E-state index is 10.8. The highest BCUT2D eigenvalue weighted by molar-refractivity contribution is 6.25. The third kappa shape index (κ3) is 2.71. The molecule has 0 radical (unpaired) electrons. The van der Waals surface area contributed by atoms with Crippen LogP contribution in [0.25, 0.3) is 0 Å². The molecule has 1 aliphatic heterocycles. The summed E-state index contributed by atoms with van der Waals surface area (Å²) in [5.41, 5.74) is 2.52. The van der Waals surface area contributed by atoms with Crippen molar-refractivity contribution in [1.29, 1.82) is 0 Å². The van der Waals surface area contributed by atoms with Gasteiger partial charge in [0, 0.05) is 12.1 Å². The van der Waals surface area contributed by atoms with Crippen LogP contribution >= 0.6 is 11.6 Å². The van der Waals surface area contributed by atoms with Crippen LogP contribution in [0.3, 0.4) is 0 Å². The molecule has 0 aromatic heterocycles. The van der Waals surface area contributed by atoms with Crippen LogP contribution in [-0.4, -0.2) is 35.1 Å². The predicted octanol–water partition coefficient (Wildman–Crippen LogP) is 1.68. The molecule has 1 rings (SSSR count). The Labute approximate surface area is 83.0 Å². The summed E-state index contributed by atoms with van der Waals surface area (Å²) in [5, 5.41) is 8.88. The molecule has 0 aromatic carbocycles. The number of rotatable bonds is 3. The standard InChI is InChI=1S/C9H14ClNO2/c1-7(5-10)6-11-4-2-3-8(11)9(12)13/h5,8H,2-4,6H2,1H3,(H,12,13)/b7-5-. The molecule has 74 valence electrons. The zero-order valence-corrected chi connectivity index (χ0v) is 8.42. The third-order valence-corrected chi connectivity index (χ3v) is 2.66. The average molecular weight is 204 g/mol. The Bertz CT molecular complexity index is 228. The molecule has 0 amide bonds. The molecular formula is C9H14ClNO2. The van der Waals surface area contributed by atoms with Crippen molar-refractivity contribution in [3.63, 3.8) is 0 Å². The van der Waals surface area contributed by atoms with Crippen LogP contribution in [0.5, 0.6) is 0 Å². The Morgan fingerprint density at radius 3 is 3.00 bits per heavy atom. The minimum atomic E-state index is -0.722. The number of aliphatic carboxylic acids is 1. The van der Waals surface area contributed by atoms with E-state index in [9.17, 15) is 4.79 Å². The van der Waals surface area contributed by atoms with Crippen LogP contribution in [0.15, 0.2) is 11.1 Å². The molecule has 0 bridgehead atoms. The Morgan fingerprint density at radius 1 is 1.77 bits per heavy atom. The van der Waals surface area contributed by atoms with Gasteiger partial charge in [0.2, 0.25) is 0 Å². The van der Waals surface area contributed by atoms with E-state index in [1.54, 1.807) is 0 Å². The first-order chi connectivity index (χ1) is 6.15. The largest absolute Gasteiger partial charge is 0.480 e. The normalized spacial score (nSPS) is 25.1. The summed E-state index contributed by atoms with van der Waals surface area (Å²) in [6, 6.07) is -0.313. The Hall–Kier alpha value is -0.540. The lowest BCUT2D eigenvalue weighted by Gasteiger charge is -2.20. The van der Waals surface area contributed by atoms with E-state index in [-0.39, 0.29) is 6.04 Å². The molecule has 3 nitrogen and oxygen atoms in total. The molecule has 13 heavy (non-hydrogen) atoms. The lowest BCUT2D eigenvalue weighted by atomic mass is 10.2. The highest BCUT2D eigenvalue weighted by atomic mass is 35.5. The van der Waals surface area contributed by atoms with Gasteiger partial charge in [0.25, 0.3) is 0 Å². The van der Waals surface area contributed by atoms with Gasteiger partial charge in [-0.05, 0) is 31.9 Å². The van der Waals surface area contributed by atoms with E-state index in [0.29, 0.717) is 6.54 Å². The lowest BCUT2D eigenvalue weighted by molar-refractivity contribution is -0.141. The summed E-state index contributed by atoms with van der Waals surface area (Å²) >= 11 is 5.52. The lowest BCUT2D eigenvalue weighted by Crippen LogP contribution is -2.36. The van der Waals surface area contributed by atoms with Crippen molar-refractivity contribution < 1.29 is 9.90 Å². The van der Waals surface area contributed by atoms with Gasteiger partial charge < -0.3 is 5.11 Å². The van der Waals surface area contributed by atoms with E-state index < -0.39 is 5.97 Å². The molecular weight excluding hydrogens is 190 g/mol. The first-order valence-electron chi connectivity index (χ1n) is 4.38. The molecule has 1 atom stereocenters. The van der Waals surface area contributed by atoms with Gasteiger partial charge in [-0.25, -0.2) is 0 Å². The van der Waals surface area contributed by atoms with Crippen molar-refractivity contribution in [1.82, 2.24) is 4.90 Å². The van der Waals surface area contributed by atoms with Gasteiger partial charge in [-0.3, -0.25) is 9.69 Å². The number of carboxylic acids is 1. The van der Waals surface area contributed by atoms with Crippen LogP contribution in [0, 0.1) is 0 Å². The highest BCUT2D eigenvalue weighted by Crippen LogP contribution is 2.18. The van der Waals surface area contributed by atoms with Crippen molar-refractivity contribution in [3.8, 4) is 0 Å². The Balaban J connectivity index is 2.54. The number of likely N-dealkylation sites (tertiary alicyclic amines) is 1. The maximum Gasteiger partial charge on any atom is 0.320 e. The van der Waals surface area contributed by atoms with Crippen LogP contribution in [0.1, 0.15) is 19.8 Å². The fourth-order valence-electron chi connectivity index (χ4n) is 1.65. The first-order valence-corrected chi connectivity index (χ1v) is 4.81. The fourth-order valence-corrected chi connectivity index (χ4v) is 1.72. The van der Waals surface area contributed by atoms with Crippen LogP contribution in [0.2, 0.25) is 0 Å². The summed E-state index contributed by atoms with van der Waals surface area (Å²) in [6.45, 7) is 3.43. The van der Waals surface area contributed by atoms with Gasteiger partial charge in [-0.15, -0.1) is 0 Å². The number of nitrogens with zero attached hydrogens (tertiary/aromatic N) is 1. The van der Waals surface area contributed by atoms with E-state index in [1.807, 2.05) is 11.8 Å². The topological polar surface area (TPSA) is 40.5 Å². The van der Waals surface area contributed by atoms with E-state index in [0.717, 1.165) is 25.0 Å². The van der Waals surface area contributed by atoms with Gasteiger partial charge in [0.15, 0.2) is 0 Å². The van der Waals surface area contributed by atoms with E-state index >= 15 is 0 Å². The van der Waals surface area contributed by atoms with Crippen molar-refractivity contribution in [2.24, 2.45) is 0 Å². The van der Waals surface area contributed by atoms with Gasteiger partial charge >= 0.3 is 5.97 Å². The molecule has 1 N–H and O–H groups in total. The number of hydrogen-bond donors (Lipinski definition) is 1. The van der Waals surface area contributed by atoms with Crippen molar-refractivity contribution in [2.75, 3.05) is 13.1 Å². The summed E-state index contributed by atoms with van der Waals surface area (Å²) in [7, 11) is 0. The first kappa shape index (κ1) is 10.5. The van der Waals surface area contributed by atoms with E-state index in [1.165, 1.54) is 5.54 Å². The Morgan fingerprint density at radius 2 is 2.46 bits per heavy atom. The van der Waals surface area contributed by atoms with Crippen LogP contribution < -0.4 is 0 Å². The molecule has 1 aliphatic rings. The molecule has 1 saturated heterocycles. The fraction of sp³-hybridized carbons (Fsp3) is 0.667. The SMILES string of the molecule is C/C(=C/Cl)CN1CCCC1C(=O)O. The van der Waals surface area contributed by atoms with Gasteiger partial charge in [0.05, 0.1) is 0 Å². The predicted molar refractivity (Wildman–Crippen MR) is 51.8 cm³/mol. The van der Waals surface area contributed by atoms with Gasteiger partial charge in [0.1, 0.15) is 6.04 Å². The van der Waals surface area contributed by atoms with E-state index in [2.05, 4.69) is 0 Å². The summed E-state index contributed by atoms with van der Waals surface area (Å²) < 4.78 is 0. The molecule has 0 saturated carbocycles. The molecule has 1 unspecified atom stereocenters. The average Bonchev–Trinajstić information content (AvgIpc) is 2.52. The summed E-state index contributed by atoms with van der Waals surface area (Å²) in [5.74, 6) is -0.722. The minimum absolute atomic E-state index is 0.313. The number of carbonyl (C=O) groups is 1. The van der Waals surface area contributed by atoms with Gasteiger partial charge in [-0.2, -0.15) is 0 Å². The third-order valence-electron chi connectivity index (χ3n) is 2.29. The van der Waals surface area contributed by atoms with E-state index in [4.69, 9.17) is 16.7 Å². The molecule has 0 aliphatic carbocycles. The van der Waals surface area contributed by atoms with Gasteiger partial charge in [-0.1, -0.05) is 11.6 Å². The quantitative estimate of drug-likeness (QED) is 0.759. The van der Waals surface area contributed by atoms with Crippen molar-refractivity contribution >= 4 is 17.6 Å². The van der Waals surface area contributed by atoms with Crippen molar-refractivity contribution in [2.45, 2.75) is 25.8 Å². The maximum absolute atomic E-state index is 10.8. The zero-order valence-electron chi connectivity index (χ0n) is 7.66. The summed E-state index contributed by atoms with van der Waals surface area (Å²) in [4.78, 5) is 12.7. The second kappa shape index (κ2) is 4.63. The monoisotopic (exact) mass is 203 g/mol. The molecule has 1 heterocycles. The molecule has 4 heteroatoms. The highest BCUT2D eigenvalue weighted by Gasteiger charge is 2.29. The second-order valence-electron chi connectivity index (χ2n) is 3.42. The molecule has 0 spiro atoms. The van der Waals surface area contributed by atoms with Crippen LogP contribution in [-0.2, 0) is 4.79 Å². The van der Waals surface area contributed by atoms with Crippen LogP contribution in [0.4, 0.5) is 0 Å². The Kier molecular flexibility index (Phi) is 3.75. The number of halogens is 1. The second-order valence-corrected chi connectivity index (χ2v) is 3.64. The number of hydrogen-bond acceptors (Lipinski definition) is 2. The number of carboxylic acid groups (broad SMARTS) is 1. The smallest absolute Gasteiger partial charge is 0.320 e. The van der Waals surface area contributed by atoms with Crippen molar-refractivity contribution in [3.05, 3.63) is 11.1 Å². The minimum Gasteiger partial charge on any atom is -0.480 e. The summed E-state index contributed by atoms with van der Waals surface area (Å²) in [6.07, 6.45) is 1.72. The zero-order chi connectivity index (χ0) is 9.84.